The molecular weight excluding hydrogens is 254 g/mol. The Morgan fingerprint density at radius 3 is 2.29 bits per heavy atom. The quantitative estimate of drug-likeness (QED) is 0.594. The van der Waals surface area contributed by atoms with Crippen LogP contribution in [0.4, 0.5) is 0 Å². The van der Waals surface area contributed by atoms with Crippen molar-refractivity contribution in [2.75, 3.05) is 0 Å². The third kappa shape index (κ3) is 3.38. The first-order valence-corrected chi connectivity index (χ1v) is 6.92. The predicted octanol–water partition coefficient (Wildman–Crippen LogP) is 4.46. The number of hydrogen-bond donors (Lipinski definition) is 0. The summed E-state index contributed by atoms with van der Waals surface area (Å²) in [6.07, 6.45) is 0. The van der Waals surface area contributed by atoms with Gasteiger partial charge in [0.1, 0.15) is 5.69 Å². The maximum Gasteiger partial charge on any atom is 0.113 e. The van der Waals surface area contributed by atoms with E-state index < -0.39 is 0 Å². The fourth-order valence-electron chi connectivity index (χ4n) is 2.16. The topological polar surface area (TPSA) is 12.9 Å². The molecule has 1 heterocycles. The molecule has 0 spiro atoms. The first-order chi connectivity index (χ1) is 10.3. The maximum absolute atomic E-state index is 4.40. The van der Waals surface area contributed by atoms with E-state index >= 15 is 0 Å². The summed E-state index contributed by atoms with van der Waals surface area (Å²) in [5, 5.41) is 0. The number of rotatable bonds is 1. The van der Waals surface area contributed by atoms with Crippen LogP contribution in [0.25, 0.3) is 11.1 Å². The van der Waals surface area contributed by atoms with Gasteiger partial charge in [-0.25, -0.2) is 4.98 Å². The van der Waals surface area contributed by atoms with Crippen LogP contribution >= 0.6 is 0 Å². The molecule has 1 aromatic heterocycles. The van der Waals surface area contributed by atoms with Crippen molar-refractivity contribution < 1.29 is 0 Å². The van der Waals surface area contributed by atoms with Gasteiger partial charge in [0.25, 0.3) is 0 Å². The Morgan fingerprint density at radius 1 is 0.714 bits per heavy atom. The van der Waals surface area contributed by atoms with Gasteiger partial charge in [-0.05, 0) is 48.2 Å². The zero-order valence-electron chi connectivity index (χ0n) is 11.9. The highest BCUT2D eigenvalue weighted by Gasteiger charge is 1.97. The molecule has 0 aliphatic heterocycles. The lowest BCUT2D eigenvalue weighted by Crippen LogP contribution is -1.85. The van der Waals surface area contributed by atoms with Gasteiger partial charge in [-0.2, -0.15) is 0 Å². The molecule has 0 atom stereocenters. The molecule has 0 aliphatic rings. The number of benzene rings is 2. The van der Waals surface area contributed by atoms with Gasteiger partial charge in [0, 0.05) is 11.3 Å². The SMILES string of the molecule is Cc1cccc(C#Cc2cccc(-c3ccccc3)c2)n1. The van der Waals surface area contributed by atoms with Crippen LogP contribution in [0.3, 0.4) is 0 Å². The van der Waals surface area contributed by atoms with E-state index in [0.717, 1.165) is 17.0 Å². The van der Waals surface area contributed by atoms with Crippen LogP contribution in [-0.2, 0) is 0 Å². The molecule has 3 rings (SSSR count). The molecule has 0 radical (unpaired) electrons. The lowest BCUT2D eigenvalue weighted by molar-refractivity contribution is 1.18. The van der Waals surface area contributed by atoms with Crippen molar-refractivity contribution in [3.63, 3.8) is 0 Å². The monoisotopic (exact) mass is 269 g/mol. The van der Waals surface area contributed by atoms with E-state index in [1.54, 1.807) is 0 Å². The highest BCUT2D eigenvalue weighted by molar-refractivity contribution is 5.65. The van der Waals surface area contributed by atoms with Crippen molar-refractivity contribution in [1.82, 2.24) is 4.98 Å². The van der Waals surface area contributed by atoms with Gasteiger partial charge in [0.2, 0.25) is 0 Å². The summed E-state index contributed by atoms with van der Waals surface area (Å²) < 4.78 is 0. The van der Waals surface area contributed by atoms with E-state index in [1.807, 2.05) is 55.5 Å². The Hall–Kier alpha value is -2.85. The minimum atomic E-state index is 0.806. The Bertz CT molecular complexity index is 808. The predicted molar refractivity (Wildman–Crippen MR) is 86.8 cm³/mol. The van der Waals surface area contributed by atoms with Crippen molar-refractivity contribution in [1.29, 1.82) is 0 Å². The first kappa shape index (κ1) is 13.1. The smallest absolute Gasteiger partial charge is 0.113 e. The molecule has 0 aliphatic carbocycles. The van der Waals surface area contributed by atoms with Crippen molar-refractivity contribution in [2.24, 2.45) is 0 Å². The first-order valence-electron chi connectivity index (χ1n) is 6.92. The number of pyridine rings is 1. The Morgan fingerprint density at radius 2 is 1.48 bits per heavy atom. The highest BCUT2D eigenvalue weighted by atomic mass is 14.7. The third-order valence-electron chi connectivity index (χ3n) is 3.19. The molecule has 0 fully saturated rings. The highest BCUT2D eigenvalue weighted by Crippen LogP contribution is 2.19. The molecule has 0 bridgehead atoms. The lowest BCUT2D eigenvalue weighted by atomic mass is 10.0. The van der Waals surface area contributed by atoms with Gasteiger partial charge in [0.15, 0.2) is 0 Å². The third-order valence-corrected chi connectivity index (χ3v) is 3.19. The van der Waals surface area contributed by atoms with Gasteiger partial charge >= 0.3 is 0 Å². The van der Waals surface area contributed by atoms with Gasteiger partial charge < -0.3 is 0 Å². The Kier molecular flexibility index (Phi) is 3.80. The standard InChI is InChI=1S/C20H15N/c1-16-7-5-12-20(21-16)14-13-17-8-6-11-19(15-17)18-9-3-2-4-10-18/h2-12,15H,1H3. The number of nitrogens with zero attached hydrogens (tertiary/aromatic N) is 1. The molecule has 21 heavy (non-hydrogen) atoms. The van der Waals surface area contributed by atoms with Crippen molar-refractivity contribution in [3.8, 4) is 23.0 Å². The molecule has 100 valence electrons. The zero-order valence-corrected chi connectivity index (χ0v) is 11.9. The zero-order chi connectivity index (χ0) is 14.5. The van der Waals surface area contributed by atoms with E-state index in [9.17, 15) is 0 Å². The maximum atomic E-state index is 4.40. The van der Waals surface area contributed by atoms with Crippen molar-refractivity contribution in [3.05, 3.63) is 89.7 Å². The summed E-state index contributed by atoms with van der Waals surface area (Å²) in [5.41, 5.74) is 5.18. The number of aromatic nitrogens is 1. The number of hydrogen-bond acceptors (Lipinski definition) is 1. The molecule has 1 nitrogen and oxygen atoms in total. The van der Waals surface area contributed by atoms with Gasteiger partial charge in [-0.15, -0.1) is 0 Å². The minimum absolute atomic E-state index is 0.806. The van der Waals surface area contributed by atoms with Crippen LogP contribution in [0.2, 0.25) is 0 Å². The molecule has 1 heteroatoms. The molecule has 0 N–H and O–H groups in total. The molecular formula is C20H15N. The van der Waals surface area contributed by atoms with E-state index in [4.69, 9.17) is 0 Å². The second-order valence-electron chi connectivity index (χ2n) is 4.86. The van der Waals surface area contributed by atoms with Crippen molar-refractivity contribution in [2.45, 2.75) is 6.92 Å². The van der Waals surface area contributed by atoms with Gasteiger partial charge in [0.05, 0.1) is 0 Å². The molecule has 0 saturated heterocycles. The van der Waals surface area contributed by atoms with Crippen LogP contribution in [0.5, 0.6) is 0 Å². The second-order valence-corrected chi connectivity index (χ2v) is 4.86. The van der Waals surface area contributed by atoms with Crippen LogP contribution in [0, 0.1) is 18.8 Å². The van der Waals surface area contributed by atoms with E-state index in [-0.39, 0.29) is 0 Å². The summed E-state index contributed by atoms with van der Waals surface area (Å²) in [7, 11) is 0. The van der Waals surface area contributed by atoms with Gasteiger partial charge in [-0.3, -0.25) is 0 Å². The van der Waals surface area contributed by atoms with Gasteiger partial charge in [-0.1, -0.05) is 54.5 Å². The van der Waals surface area contributed by atoms with E-state index in [1.165, 1.54) is 11.1 Å². The normalized spacial score (nSPS) is 9.76. The molecule has 0 amide bonds. The fraction of sp³-hybridized carbons (Fsp3) is 0.0500. The van der Waals surface area contributed by atoms with Crippen LogP contribution in [0.15, 0.2) is 72.8 Å². The molecule has 2 aromatic carbocycles. The van der Waals surface area contributed by atoms with E-state index in [0.29, 0.717) is 0 Å². The molecule has 0 unspecified atom stereocenters. The largest absolute Gasteiger partial charge is 0.245 e. The summed E-state index contributed by atoms with van der Waals surface area (Å²) in [6, 6.07) is 24.5. The minimum Gasteiger partial charge on any atom is -0.245 e. The summed E-state index contributed by atoms with van der Waals surface area (Å²) in [4.78, 5) is 4.40. The van der Waals surface area contributed by atoms with Crippen LogP contribution < -0.4 is 0 Å². The summed E-state index contributed by atoms with van der Waals surface area (Å²) in [5.74, 6) is 6.31. The number of aryl methyl sites for hydroxylation is 1. The fourth-order valence-corrected chi connectivity index (χ4v) is 2.16. The molecule has 3 aromatic rings. The molecule has 0 saturated carbocycles. The Labute approximate surface area is 125 Å². The second kappa shape index (κ2) is 6.07. The average molecular weight is 269 g/mol. The summed E-state index contributed by atoms with van der Waals surface area (Å²) in [6.45, 7) is 1.97. The van der Waals surface area contributed by atoms with Crippen molar-refractivity contribution >= 4 is 0 Å². The Balaban J connectivity index is 1.91. The lowest BCUT2D eigenvalue weighted by Gasteiger charge is -2.01. The van der Waals surface area contributed by atoms with Crippen LogP contribution in [0.1, 0.15) is 17.0 Å². The van der Waals surface area contributed by atoms with Crippen LogP contribution in [-0.4, -0.2) is 4.98 Å². The van der Waals surface area contributed by atoms with E-state index in [2.05, 4.69) is 41.1 Å². The average Bonchev–Trinajstić information content (AvgIpc) is 2.54. The summed E-state index contributed by atoms with van der Waals surface area (Å²) >= 11 is 0.